The number of aliphatic carboxylic acids is 1. The fourth-order valence-corrected chi connectivity index (χ4v) is 2.36. The van der Waals surface area contributed by atoms with Crippen LogP contribution in [0.2, 0.25) is 0 Å². The molecule has 0 bridgehead atoms. The number of carbonyl (C=O) groups is 1. The van der Waals surface area contributed by atoms with Crippen LogP contribution in [0.5, 0.6) is 0 Å². The van der Waals surface area contributed by atoms with E-state index in [0.29, 0.717) is 5.76 Å². The number of carboxylic acid groups (broad SMARTS) is 1. The summed E-state index contributed by atoms with van der Waals surface area (Å²) in [5, 5.41) is 8.38. The predicted octanol–water partition coefficient (Wildman–Crippen LogP) is 0.735. The summed E-state index contributed by atoms with van der Waals surface area (Å²) in [7, 11) is -3.59. The Hall–Kier alpha value is -1.34. The Balaban J connectivity index is 2.56. The largest absolute Gasteiger partial charge is 0.481 e. The lowest BCUT2D eigenvalue weighted by molar-refractivity contribution is -0.136. The molecule has 1 heterocycles. The molecular weight excluding hydrogens is 234 g/mol. The SMILES string of the molecule is C[C@@H](NS(=O)(=O)CCC(=O)O)c1ccco1. The van der Waals surface area contributed by atoms with Crippen LogP contribution in [-0.4, -0.2) is 25.2 Å². The van der Waals surface area contributed by atoms with Gasteiger partial charge in [-0.25, -0.2) is 13.1 Å². The molecule has 0 amide bonds. The van der Waals surface area contributed by atoms with Gasteiger partial charge in [-0.3, -0.25) is 4.79 Å². The highest BCUT2D eigenvalue weighted by atomic mass is 32.2. The molecule has 1 rings (SSSR count). The van der Waals surface area contributed by atoms with Crippen LogP contribution in [0.3, 0.4) is 0 Å². The molecule has 0 aliphatic heterocycles. The van der Waals surface area contributed by atoms with Gasteiger partial charge in [-0.2, -0.15) is 0 Å². The van der Waals surface area contributed by atoms with Gasteiger partial charge in [0, 0.05) is 0 Å². The van der Waals surface area contributed by atoms with Gasteiger partial charge in [0.15, 0.2) is 0 Å². The van der Waals surface area contributed by atoms with E-state index < -0.39 is 34.2 Å². The summed E-state index contributed by atoms with van der Waals surface area (Å²) in [5.41, 5.74) is 0. The van der Waals surface area contributed by atoms with E-state index in [2.05, 4.69) is 4.72 Å². The molecule has 0 aromatic carbocycles. The molecule has 0 unspecified atom stereocenters. The number of sulfonamides is 1. The van der Waals surface area contributed by atoms with Gasteiger partial charge in [-0.15, -0.1) is 0 Å². The van der Waals surface area contributed by atoms with Gasteiger partial charge in [-0.1, -0.05) is 0 Å². The third-order valence-corrected chi connectivity index (χ3v) is 3.37. The monoisotopic (exact) mass is 247 g/mol. The van der Waals surface area contributed by atoms with Crippen molar-refractivity contribution in [2.24, 2.45) is 0 Å². The molecule has 1 atom stereocenters. The topological polar surface area (TPSA) is 96.6 Å². The number of hydrogen-bond donors (Lipinski definition) is 2. The molecule has 0 aliphatic carbocycles. The van der Waals surface area contributed by atoms with Gasteiger partial charge < -0.3 is 9.52 Å². The Morgan fingerprint density at radius 3 is 2.81 bits per heavy atom. The minimum absolute atomic E-state index is 0.416. The molecule has 0 aliphatic rings. The van der Waals surface area contributed by atoms with Crippen molar-refractivity contribution in [3.8, 4) is 0 Å². The van der Waals surface area contributed by atoms with E-state index >= 15 is 0 Å². The van der Waals surface area contributed by atoms with Gasteiger partial charge in [0.05, 0.1) is 24.5 Å². The molecule has 0 radical (unpaired) electrons. The lowest BCUT2D eigenvalue weighted by Gasteiger charge is -2.10. The summed E-state index contributed by atoms with van der Waals surface area (Å²) < 4.78 is 30.2. The number of nitrogens with one attached hydrogen (secondary N) is 1. The number of carboxylic acids is 1. The van der Waals surface area contributed by atoms with Gasteiger partial charge >= 0.3 is 5.97 Å². The highest BCUT2D eigenvalue weighted by molar-refractivity contribution is 7.89. The predicted molar refractivity (Wildman–Crippen MR) is 56.3 cm³/mol. The lowest BCUT2D eigenvalue weighted by Crippen LogP contribution is -2.29. The molecule has 1 aromatic heterocycles. The fraction of sp³-hybridized carbons (Fsp3) is 0.444. The third kappa shape index (κ3) is 4.03. The van der Waals surface area contributed by atoms with Crippen LogP contribution in [0.15, 0.2) is 22.8 Å². The van der Waals surface area contributed by atoms with Gasteiger partial charge in [0.1, 0.15) is 5.76 Å². The van der Waals surface area contributed by atoms with Crippen molar-refractivity contribution >= 4 is 16.0 Å². The first-order valence-corrected chi connectivity index (χ1v) is 6.31. The Labute approximate surface area is 93.3 Å². The second-order valence-electron chi connectivity index (χ2n) is 3.32. The molecule has 0 spiro atoms. The zero-order chi connectivity index (χ0) is 12.2. The van der Waals surface area contributed by atoms with E-state index in [-0.39, 0.29) is 0 Å². The molecule has 0 saturated carbocycles. The zero-order valence-electron chi connectivity index (χ0n) is 8.71. The standard InChI is InChI=1S/C9H13NO5S/c1-7(8-3-2-5-15-8)10-16(13,14)6-4-9(11)12/h2-3,5,7,10H,4,6H2,1H3,(H,11,12)/t7-/m1/s1. The zero-order valence-corrected chi connectivity index (χ0v) is 9.53. The Morgan fingerprint density at radius 2 is 2.31 bits per heavy atom. The van der Waals surface area contributed by atoms with E-state index in [1.165, 1.54) is 6.26 Å². The van der Waals surface area contributed by atoms with Crippen molar-refractivity contribution < 1.29 is 22.7 Å². The maximum Gasteiger partial charge on any atom is 0.304 e. The van der Waals surface area contributed by atoms with E-state index in [1.54, 1.807) is 19.1 Å². The van der Waals surface area contributed by atoms with Crippen molar-refractivity contribution in [3.63, 3.8) is 0 Å². The van der Waals surface area contributed by atoms with Crippen molar-refractivity contribution in [1.29, 1.82) is 0 Å². The van der Waals surface area contributed by atoms with Crippen LogP contribution in [0, 0.1) is 0 Å². The average molecular weight is 247 g/mol. The minimum Gasteiger partial charge on any atom is -0.481 e. The van der Waals surface area contributed by atoms with Crippen molar-refractivity contribution in [1.82, 2.24) is 4.72 Å². The molecule has 1 aromatic rings. The maximum absolute atomic E-state index is 11.4. The maximum atomic E-state index is 11.4. The lowest BCUT2D eigenvalue weighted by atomic mass is 10.3. The van der Waals surface area contributed by atoms with Gasteiger partial charge in [0.2, 0.25) is 10.0 Å². The molecule has 16 heavy (non-hydrogen) atoms. The summed E-state index contributed by atoms with van der Waals surface area (Å²) in [6.07, 6.45) is 1.03. The molecule has 0 saturated heterocycles. The summed E-state index contributed by atoms with van der Waals surface area (Å²) in [6.45, 7) is 1.62. The number of hydrogen-bond acceptors (Lipinski definition) is 4. The normalized spacial score (nSPS) is 13.6. The van der Waals surface area contributed by atoms with E-state index in [1.807, 2.05) is 0 Å². The van der Waals surface area contributed by atoms with E-state index in [9.17, 15) is 13.2 Å². The summed E-state index contributed by atoms with van der Waals surface area (Å²) >= 11 is 0. The second kappa shape index (κ2) is 5.13. The highest BCUT2D eigenvalue weighted by Gasteiger charge is 2.18. The molecule has 0 fully saturated rings. The Kier molecular flexibility index (Phi) is 4.08. The Morgan fingerprint density at radius 1 is 1.62 bits per heavy atom. The Bertz CT molecular complexity index is 436. The van der Waals surface area contributed by atoms with Crippen molar-refractivity contribution in [3.05, 3.63) is 24.2 Å². The number of rotatable bonds is 6. The van der Waals surface area contributed by atoms with Crippen LogP contribution in [0.25, 0.3) is 0 Å². The first-order chi connectivity index (χ1) is 7.41. The van der Waals surface area contributed by atoms with Crippen LogP contribution in [0.1, 0.15) is 25.1 Å². The van der Waals surface area contributed by atoms with Gasteiger partial charge in [0.25, 0.3) is 0 Å². The summed E-state index contributed by atoms with van der Waals surface area (Å²) in [6, 6.07) is 2.79. The average Bonchev–Trinajstić information content (AvgIpc) is 2.67. The number of furan rings is 1. The molecule has 2 N–H and O–H groups in total. The first kappa shape index (κ1) is 12.7. The van der Waals surface area contributed by atoms with Gasteiger partial charge in [-0.05, 0) is 19.1 Å². The third-order valence-electron chi connectivity index (χ3n) is 1.91. The summed E-state index contributed by atoms with van der Waals surface area (Å²) in [4.78, 5) is 10.2. The van der Waals surface area contributed by atoms with Crippen LogP contribution in [0.4, 0.5) is 0 Å². The molecular formula is C9H13NO5S. The fourth-order valence-electron chi connectivity index (χ4n) is 1.15. The van der Waals surface area contributed by atoms with Crippen LogP contribution in [-0.2, 0) is 14.8 Å². The second-order valence-corrected chi connectivity index (χ2v) is 5.19. The van der Waals surface area contributed by atoms with Crippen molar-refractivity contribution in [2.75, 3.05) is 5.75 Å². The van der Waals surface area contributed by atoms with E-state index in [0.717, 1.165) is 0 Å². The molecule has 6 nitrogen and oxygen atoms in total. The van der Waals surface area contributed by atoms with Crippen LogP contribution >= 0.6 is 0 Å². The van der Waals surface area contributed by atoms with E-state index in [4.69, 9.17) is 9.52 Å². The quantitative estimate of drug-likeness (QED) is 0.772. The molecule has 90 valence electrons. The summed E-state index contributed by atoms with van der Waals surface area (Å²) in [5.74, 6) is -1.09. The smallest absolute Gasteiger partial charge is 0.304 e. The first-order valence-electron chi connectivity index (χ1n) is 4.66. The minimum atomic E-state index is -3.59. The molecule has 7 heteroatoms. The van der Waals surface area contributed by atoms with Crippen molar-refractivity contribution in [2.45, 2.75) is 19.4 Å². The highest BCUT2D eigenvalue weighted by Crippen LogP contribution is 2.13. The van der Waals surface area contributed by atoms with Crippen LogP contribution < -0.4 is 4.72 Å².